The molecule has 137 valence electrons. The van der Waals surface area contributed by atoms with Crippen LogP contribution in [0.5, 0.6) is 0 Å². The van der Waals surface area contributed by atoms with Gasteiger partial charge in [-0.05, 0) is 0 Å². The summed E-state index contributed by atoms with van der Waals surface area (Å²) in [6.45, 7) is 4.43. The second-order valence-corrected chi connectivity index (χ2v) is 7.40. The van der Waals surface area contributed by atoms with Crippen molar-refractivity contribution in [3.8, 4) is 0 Å². The van der Waals surface area contributed by atoms with E-state index in [0.29, 0.717) is 0 Å². The molecule has 0 atom stereocenters. The van der Waals surface area contributed by atoms with Crippen molar-refractivity contribution in [3.05, 3.63) is 72.8 Å². The molecular weight excluding hydrogens is 454 g/mol. The van der Waals surface area contributed by atoms with E-state index >= 15 is 0 Å². The zero-order valence-corrected chi connectivity index (χ0v) is 20.2. The average Bonchev–Trinajstić information content (AvgIpc) is 3.18. The first-order valence-electron chi connectivity index (χ1n) is 7.46. The average molecular weight is 472 g/mol. The van der Waals surface area contributed by atoms with Crippen molar-refractivity contribution in [1.29, 1.82) is 0 Å². The predicted octanol–water partition coefficient (Wildman–Crippen LogP) is -5.12. The van der Waals surface area contributed by atoms with Gasteiger partial charge in [-0.3, -0.25) is 0 Å². The second kappa shape index (κ2) is 13.7. The Labute approximate surface area is 191 Å². The molecule has 0 unspecified atom stereocenters. The molecular formula is C20H18Cl3Si2V-5. The van der Waals surface area contributed by atoms with Crippen LogP contribution in [-0.4, -0.2) is 19.0 Å². The molecule has 6 heteroatoms. The van der Waals surface area contributed by atoms with E-state index < -0.39 is 0 Å². The van der Waals surface area contributed by atoms with Crippen molar-refractivity contribution in [1.82, 2.24) is 0 Å². The Morgan fingerprint density at radius 1 is 0.615 bits per heavy atom. The molecule has 0 bridgehead atoms. The first-order valence-corrected chi connectivity index (χ1v) is 10.5. The molecule has 0 amide bonds. The summed E-state index contributed by atoms with van der Waals surface area (Å²) in [7, 11) is 1.83. The number of hydrogen-bond acceptors (Lipinski definition) is 0. The number of hydrogen-bond donors (Lipinski definition) is 0. The van der Waals surface area contributed by atoms with Crippen LogP contribution in [0.3, 0.4) is 0 Å². The minimum Gasteiger partial charge on any atom is -1.00 e. The van der Waals surface area contributed by atoms with Crippen molar-refractivity contribution in [3.63, 3.8) is 0 Å². The SMILES string of the molecule is C[Si]c1cc2ccccc2[cH-]1.C[Si]c1cc2ccccc2[cH-]1.[Cl-].[Cl-].[Cl-].[V]. The van der Waals surface area contributed by atoms with Crippen LogP contribution < -0.4 is 47.6 Å². The van der Waals surface area contributed by atoms with Gasteiger partial charge in [0.25, 0.3) is 0 Å². The molecule has 26 heavy (non-hydrogen) atoms. The van der Waals surface area contributed by atoms with Gasteiger partial charge in [-0.1, -0.05) is 25.2 Å². The van der Waals surface area contributed by atoms with E-state index in [1.54, 1.807) is 0 Å². The van der Waals surface area contributed by atoms with E-state index in [1.165, 1.54) is 31.9 Å². The third-order valence-corrected chi connectivity index (χ3v) is 5.55. The van der Waals surface area contributed by atoms with E-state index in [-0.39, 0.29) is 55.8 Å². The van der Waals surface area contributed by atoms with Crippen molar-refractivity contribution in [2.45, 2.75) is 13.1 Å². The molecule has 0 aliphatic carbocycles. The van der Waals surface area contributed by atoms with Crippen molar-refractivity contribution in [2.24, 2.45) is 0 Å². The van der Waals surface area contributed by atoms with Crippen molar-refractivity contribution >= 4 is 51.0 Å². The first kappa shape index (κ1) is 27.8. The third-order valence-electron chi connectivity index (χ3n) is 3.81. The molecule has 0 N–H and O–H groups in total. The Kier molecular flexibility index (Phi) is 14.6. The summed E-state index contributed by atoms with van der Waals surface area (Å²) in [5, 5.41) is 8.42. The Hall–Kier alpha value is -0.452. The van der Waals surface area contributed by atoms with Gasteiger partial charge in [0.15, 0.2) is 0 Å². The van der Waals surface area contributed by atoms with Gasteiger partial charge in [0, 0.05) is 18.6 Å². The van der Waals surface area contributed by atoms with E-state index in [2.05, 4.69) is 85.9 Å². The number of halogens is 3. The summed E-state index contributed by atoms with van der Waals surface area (Å²) >= 11 is 0. The summed E-state index contributed by atoms with van der Waals surface area (Å²) in [5.74, 6) is 0. The molecule has 0 saturated heterocycles. The molecule has 0 nitrogen and oxygen atoms in total. The maximum absolute atomic E-state index is 2.27. The molecule has 0 heterocycles. The van der Waals surface area contributed by atoms with Gasteiger partial charge in [0.1, 0.15) is 0 Å². The molecule has 0 aliphatic rings. The smallest absolute Gasteiger partial charge is 0.0524 e. The van der Waals surface area contributed by atoms with Gasteiger partial charge in [0.05, 0.1) is 19.0 Å². The summed E-state index contributed by atoms with van der Waals surface area (Å²) in [6.07, 6.45) is 0. The van der Waals surface area contributed by atoms with Crippen LogP contribution in [0.2, 0.25) is 13.1 Å². The summed E-state index contributed by atoms with van der Waals surface area (Å²) in [5.41, 5.74) is 0. The predicted molar refractivity (Wildman–Crippen MR) is 102 cm³/mol. The summed E-state index contributed by atoms with van der Waals surface area (Å²) in [4.78, 5) is 0. The Bertz CT molecular complexity index is 747. The fourth-order valence-electron chi connectivity index (χ4n) is 2.59. The van der Waals surface area contributed by atoms with E-state index in [0.717, 1.165) is 19.0 Å². The van der Waals surface area contributed by atoms with Crippen LogP contribution in [0, 0.1) is 0 Å². The maximum atomic E-state index is 2.27. The zero-order valence-electron chi connectivity index (χ0n) is 14.5. The van der Waals surface area contributed by atoms with Gasteiger partial charge < -0.3 is 37.2 Å². The largest absolute Gasteiger partial charge is 1.00 e. The molecule has 0 aromatic heterocycles. The number of fused-ring (bicyclic) bond motifs is 2. The van der Waals surface area contributed by atoms with Crippen LogP contribution in [0.1, 0.15) is 0 Å². The zero-order chi connectivity index (χ0) is 15.4. The minimum absolute atomic E-state index is 0. The molecule has 0 spiro atoms. The summed E-state index contributed by atoms with van der Waals surface area (Å²) in [6, 6.07) is 26.1. The van der Waals surface area contributed by atoms with Crippen LogP contribution in [-0.2, 0) is 18.6 Å². The number of rotatable bonds is 2. The standard InChI is InChI=1S/2C10H9Si.3ClH.V/c2*1-11-10-6-8-4-2-3-5-9(8)7-10;;;;/h2*2-7H,1H3;3*1H;/q2*-1;;;;/p-3. The third kappa shape index (κ3) is 6.94. The monoisotopic (exact) mass is 470 g/mol. The second-order valence-electron chi connectivity index (χ2n) is 5.25. The van der Waals surface area contributed by atoms with Crippen LogP contribution in [0.4, 0.5) is 0 Å². The van der Waals surface area contributed by atoms with Gasteiger partial charge >= 0.3 is 0 Å². The fourth-order valence-corrected chi connectivity index (χ4v) is 3.79. The molecule has 0 aliphatic heterocycles. The summed E-state index contributed by atoms with van der Waals surface area (Å²) < 4.78 is 0. The van der Waals surface area contributed by atoms with Gasteiger partial charge in [0.2, 0.25) is 0 Å². The van der Waals surface area contributed by atoms with Gasteiger partial charge in [-0.15, -0.1) is 59.3 Å². The van der Waals surface area contributed by atoms with E-state index in [1.807, 2.05) is 0 Å². The Morgan fingerprint density at radius 3 is 1.27 bits per heavy atom. The van der Waals surface area contributed by atoms with Crippen LogP contribution in [0.15, 0.2) is 72.8 Å². The molecule has 0 fully saturated rings. The Balaban J connectivity index is 0. The molecule has 4 aromatic carbocycles. The Morgan fingerprint density at radius 2 is 0.962 bits per heavy atom. The van der Waals surface area contributed by atoms with Gasteiger partial charge in [-0.2, -0.15) is 33.3 Å². The van der Waals surface area contributed by atoms with Crippen molar-refractivity contribution < 1.29 is 55.8 Å². The molecule has 5 radical (unpaired) electrons. The maximum Gasteiger partial charge on any atom is 0.0524 e. The van der Waals surface area contributed by atoms with Crippen molar-refractivity contribution in [2.75, 3.05) is 0 Å². The van der Waals surface area contributed by atoms with E-state index in [9.17, 15) is 0 Å². The minimum atomic E-state index is 0. The van der Waals surface area contributed by atoms with E-state index in [4.69, 9.17) is 0 Å². The molecule has 4 aromatic rings. The first-order chi connectivity index (χ1) is 10.8. The van der Waals surface area contributed by atoms with Crippen LogP contribution >= 0.6 is 0 Å². The van der Waals surface area contributed by atoms with Crippen LogP contribution in [0.25, 0.3) is 21.5 Å². The van der Waals surface area contributed by atoms with Gasteiger partial charge in [-0.25, -0.2) is 0 Å². The topological polar surface area (TPSA) is 0 Å². The molecule has 0 saturated carbocycles. The molecule has 4 rings (SSSR count). The quantitative estimate of drug-likeness (QED) is 0.203. The fraction of sp³-hybridized carbons (Fsp3) is 0.100. The normalized spacial score (nSPS) is 9.00. The number of benzene rings is 2.